The van der Waals surface area contributed by atoms with Gasteiger partial charge in [-0.1, -0.05) is 17.7 Å². The van der Waals surface area contributed by atoms with Crippen LogP contribution < -0.4 is 4.72 Å². The largest absolute Gasteiger partial charge is 0.469 e. The summed E-state index contributed by atoms with van der Waals surface area (Å²) in [5.74, 6) is -1.16. The molecule has 23 heavy (non-hydrogen) atoms. The fraction of sp³-hybridized carbons (Fsp3) is 0.467. The third-order valence-corrected chi connectivity index (χ3v) is 5.32. The Morgan fingerprint density at radius 2 is 1.96 bits per heavy atom. The summed E-state index contributed by atoms with van der Waals surface area (Å²) >= 11 is 0. The zero-order valence-electron chi connectivity index (χ0n) is 13.3. The van der Waals surface area contributed by atoms with Crippen LogP contribution in [0.1, 0.15) is 21.5 Å². The number of hydrogen-bond donors (Lipinski definition) is 1. The highest BCUT2D eigenvalue weighted by atomic mass is 32.2. The van der Waals surface area contributed by atoms with Crippen molar-refractivity contribution in [2.45, 2.75) is 13.8 Å². The second-order valence-corrected chi connectivity index (χ2v) is 7.36. The Morgan fingerprint density at radius 1 is 1.30 bits per heavy atom. The lowest BCUT2D eigenvalue weighted by Gasteiger charge is -2.35. The summed E-state index contributed by atoms with van der Waals surface area (Å²) in [6.45, 7) is 3.50. The van der Waals surface area contributed by atoms with Crippen LogP contribution >= 0.6 is 0 Å². The van der Waals surface area contributed by atoms with Crippen molar-refractivity contribution in [3.63, 3.8) is 0 Å². The average Bonchev–Trinajstić information content (AvgIpc) is 2.45. The molecule has 8 heteroatoms. The molecule has 2 rings (SSSR count). The molecule has 1 N–H and O–H groups in total. The van der Waals surface area contributed by atoms with E-state index < -0.39 is 22.1 Å². The molecule has 1 saturated heterocycles. The van der Waals surface area contributed by atoms with Crippen molar-refractivity contribution in [1.29, 1.82) is 0 Å². The van der Waals surface area contributed by atoms with E-state index in [1.165, 1.54) is 7.11 Å². The molecule has 0 saturated carbocycles. The van der Waals surface area contributed by atoms with E-state index in [-0.39, 0.29) is 25.4 Å². The predicted molar refractivity (Wildman–Crippen MR) is 84.2 cm³/mol. The van der Waals surface area contributed by atoms with E-state index in [2.05, 4.69) is 9.46 Å². The van der Waals surface area contributed by atoms with Gasteiger partial charge in [0.25, 0.3) is 10.2 Å². The van der Waals surface area contributed by atoms with Crippen LogP contribution in [0.5, 0.6) is 0 Å². The maximum absolute atomic E-state index is 12.2. The average molecular weight is 340 g/mol. The third kappa shape index (κ3) is 3.95. The number of carbonyl (C=O) groups is 2. The number of methoxy groups -OCH3 is 1. The van der Waals surface area contributed by atoms with Gasteiger partial charge < -0.3 is 4.74 Å². The van der Waals surface area contributed by atoms with Crippen LogP contribution in [0.15, 0.2) is 18.2 Å². The lowest BCUT2D eigenvalue weighted by atomic mass is 10.0. The fourth-order valence-electron chi connectivity index (χ4n) is 2.33. The molecule has 1 heterocycles. The van der Waals surface area contributed by atoms with Crippen LogP contribution in [0, 0.1) is 19.8 Å². The minimum atomic E-state index is -3.77. The summed E-state index contributed by atoms with van der Waals surface area (Å²) in [5, 5.41) is 0. The van der Waals surface area contributed by atoms with Crippen molar-refractivity contribution in [3.05, 3.63) is 34.9 Å². The topological polar surface area (TPSA) is 92.8 Å². The van der Waals surface area contributed by atoms with E-state index in [0.29, 0.717) is 5.56 Å². The highest BCUT2D eigenvalue weighted by Crippen LogP contribution is 2.19. The van der Waals surface area contributed by atoms with E-state index in [1.54, 1.807) is 13.0 Å². The zero-order chi connectivity index (χ0) is 17.2. The fourth-order valence-corrected chi connectivity index (χ4v) is 3.58. The number of ketones is 1. The predicted octanol–water partition coefficient (Wildman–Crippen LogP) is 0.425. The SMILES string of the molecule is COC(=O)C1CN(S(=O)(=O)NCC(=O)c2cc(C)ccc2C)C1. The van der Waals surface area contributed by atoms with Gasteiger partial charge in [-0.25, -0.2) is 0 Å². The number of esters is 1. The van der Waals surface area contributed by atoms with Gasteiger partial charge in [0.2, 0.25) is 0 Å². The zero-order valence-corrected chi connectivity index (χ0v) is 14.1. The maximum atomic E-state index is 12.2. The summed E-state index contributed by atoms with van der Waals surface area (Å²) in [4.78, 5) is 23.5. The number of benzene rings is 1. The molecule has 0 aromatic heterocycles. The molecule has 1 fully saturated rings. The first-order valence-electron chi connectivity index (χ1n) is 7.17. The van der Waals surface area contributed by atoms with Gasteiger partial charge in [0.1, 0.15) is 0 Å². The maximum Gasteiger partial charge on any atom is 0.311 e. The number of Topliss-reactive ketones (excluding diaryl/α,β-unsaturated/α-hetero) is 1. The van der Waals surface area contributed by atoms with Crippen LogP contribution in [0.25, 0.3) is 0 Å². The number of hydrogen-bond acceptors (Lipinski definition) is 5. The number of aryl methyl sites for hydroxylation is 2. The molecule has 7 nitrogen and oxygen atoms in total. The van der Waals surface area contributed by atoms with Crippen molar-refractivity contribution in [2.75, 3.05) is 26.7 Å². The summed E-state index contributed by atoms with van der Waals surface area (Å²) in [6.07, 6.45) is 0. The molecule has 1 aromatic rings. The van der Waals surface area contributed by atoms with E-state index in [0.717, 1.165) is 15.4 Å². The Kier molecular flexibility index (Phi) is 5.18. The van der Waals surface area contributed by atoms with E-state index in [9.17, 15) is 18.0 Å². The van der Waals surface area contributed by atoms with Crippen molar-refractivity contribution in [1.82, 2.24) is 9.03 Å². The lowest BCUT2D eigenvalue weighted by Crippen LogP contribution is -2.57. The number of ether oxygens (including phenoxy) is 1. The molecule has 0 amide bonds. The summed E-state index contributed by atoms with van der Waals surface area (Å²) in [5.41, 5.74) is 2.24. The number of carbonyl (C=O) groups excluding carboxylic acids is 2. The van der Waals surface area contributed by atoms with Crippen molar-refractivity contribution in [2.24, 2.45) is 5.92 Å². The number of nitrogens with zero attached hydrogens (tertiary/aromatic N) is 1. The number of nitrogens with one attached hydrogen (secondary N) is 1. The van der Waals surface area contributed by atoms with Crippen LogP contribution in [0.2, 0.25) is 0 Å². The van der Waals surface area contributed by atoms with E-state index >= 15 is 0 Å². The van der Waals surface area contributed by atoms with Gasteiger partial charge in [-0.05, 0) is 25.5 Å². The molecule has 1 aromatic carbocycles. The molecular formula is C15H20N2O5S. The monoisotopic (exact) mass is 340 g/mol. The lowest BCUT2D eigenvalue weighted by molar-refractivity contribution is -0.149. The highest BCUT2D eigenvalue weighted by Gasteiger charge is 2.40. The smallest absolute Gasteiger partial charge is 0.311 e. The first kappa shape index (κ1) is 17.6. The van der Waals surface area contributed by atoms with Crippen LogP contribution in [0.4, 0.5) is 0 Å². The van der Waals surface area contributed by atoms with E-state index in [1.807, 2.05) is 19.1 Å². The normalized spacial score (nSPS) is 16.0. The summed E-state index contributed by atoms with van der Waals surface area (Å²) in [6, 6.07) is 5.46. The van der Waals surface area contributed by atoms with Gasteiger partial charge in [0, 0.05) is 18.7 Å². The van der Waals surface area contributed by atoms with Crippen molar-refractivity contribution in [3.8, 4) is 0 Å². The van der Waals surface area contributed by atoms with Gasteiger partial charge in [-0.15, -0.1) is 0 Å². The molecule has 126 valence electrons. The Labute approximate surface area is 135 Å². The molecular weight excluding hydrogens is 320 g/mol. The summed E-state index contributed by atoms with van der Waals surface area (Å²) < 4.78 is 32.1. The van der Waals surface area contributed by atoms with Gasteiger partial charge >= 0.3 is 5.97 Å². The Bertz CT molecular complexity index is 723. The standard InChI is InChI=1S/C15H20N2O5S/c1-10-4-5-11(2)13(6-10)14(18)7-16-23(20,21)17-8-12(9-17)15(19)22-3/h4-6,12,16H,7-9H2,1-3H3. The van der Waals surface area contributed by atoms with Gasteiger partial charge in [-0.3, -0.25) is 9.59 Å². The molecule has 0 atom stereocenters. The molecule has 0 spiro atoms. The van der Waals surface area contributed by atoms with Gasteiger partial charge in [-0.2, -0.15) is 17.4 Å². The Hall–Kier alpha value is -1.77. The van der Waals surface area contributed by atoms with Crippen molar-refractivity contribution >= 4 is 22.0 Å². The highest BCUT2D eigenvalue weighted by molar-refractivity contribution is 7.87. The Balaban J connectivity index is 1.94. The van der Waals surface area contributed by atoms with Crippen LogP contribution in [0.3, 0.4) is 0 Å². The quantitative estimate of drug-likeness (QED) is 0.599. The van der Waals surface area contributed by atoms with Crippen molar-refractivity contribution < 1.29 is 22.7 Å². The molecule has 0 radical (unpaired) electrons. The first-order valence-corrected chi connectivity index (χ1v) is 8.61. The van der Waals surface area contributed by atoms with Crippen LogP contribution in [-0.2, 0) is 19.7 Å². The minimum absolute atomic E-state index is 0.0691. The third-order valence-electron chi connectivity index (χ3n) is 3.83. The first-order chi connectivity index (χ1) is 10.7. The number of rotatable bonds is 6. The van der Waals surface area contributed by atoms with E-state index in [4.69, 9.17) is 0 Å². The van der Waals surface area contributed by atoms with Crippen LogP contribution in [-0.4, -0.2) is 51.2 Å². The minimum Gasteiger partial charge on any atom is -0.469 e. The van der Waals surface area contributed by atoms with Gasteiger partial charge in [0.15, 0.2) is 5.78 Å². The summed E-state index contributed by atoms with van der Waals surface area (Å²) in [7, 11) is -2.51. The molecule has 1 aliphatic rings. The van der Waals surface area contributed by atoms with Gasteiger partial charge in [0.05, 0.1) is 19.6 Å². The second kappa shape index (κ2) is 6.77. The second-order valence-electron chi connectivity index (χ2n) is 5.60. The molecule has 0 aliphatic carbocycles. The molecule has 0 unspecified atom stereocenters. The molecule has 1 aliphatic heterocycles. The Morgan fingerprint density at radius 3 is 2.57 bits per heavy atom. The molecule has 0 bridgehead atoms.